The van der Waals surface area contributed by atoms with Gasteiger partial charge < -0.3 is 20.2 Å². The Bertz CT molecular complexity index is 2330. The van der Waals surface area contributed by atoms with E-state index in [4.69, 9.17) is 27.6 Å². The van der Waals surface area contributed by atoms with Crippen molar-refractivity contribution in [3.63, 3.8) is 0 Å². The van der Waals surface area contributed by atoms with E-state index in [0.29, 0.717) is 66.3 Å². The lowest BCUT2D eigenvalue weighted by atomic mass is 9.53. The molecule has 3 aromatic carbocycles. The predicted molar refractivity (Wildman–Crippen MR) is 222 cm³/mol. The van der Waals surface area contributed by atoms with Crippen molar-refractivity contribution < 1.29 is 23.5 Å². The number of carbonyl (C=O) groups is 2. The van der Waals surface area contributed by atoms with Gasteiger partial charge in [-0.1, -0.05) is 104 Å². The molecule has 2 saturated carbocycles. The molecule has 9 rings (SSSR count). The number of nitrogens with zero attached hydrogens (tertiary/aromatic N) is 4. The van der Waals surface area contributed by atoms with Crippen LogP contribution in [0.3, 0.4) is 0 Å². The lowest BCUT2D eigenvalue weighted by Gasteiger charge is -2.56. The van der Waals surface area contributed by atoms with Gasteiger partial charge in [0.15, 0.2) is 11.0 Å². The molecule has 4 aliphatic rings. The molecule has 306 valence electrons. The number of fused-ring (bicyclic) bond motifs is 3. The number of likely N-dealkylation sites (tertiary alicyclic amines) is 1. The predicted octanol–water partition coefficient (Wildman–Crippen LogP) is 9.22. The number of benzene rings is 3. The number of carbonyl (C=O) groups excluding carboxylic acids is 2. The second-order valence-corrected chi connectivity index (χ2v) is 18.3. The van der Waals surface area contributed by atoms with Crippen LogP contribution in [0.15, 0.2) is 102 Å². The summed E-state index contributed by atoms with van der Waals surface area (Å²) in [5.74, 6) is -1.98. The van der Waals surface area contributed by atoms with Crippen molar-refractivity contribution in [2.75, 3.05) is 5.32 Å². The number of aliphatic hydroxyl groups excluding tert-OH is 1. The van der Waals surface area contributed by atoms with Crippen LogP contribution in [0.1, 0.15) is 117 Å². The summed E-state index contributed by atoms with van der Waals surface area (Å²) in [5, 5.41) is 27.6. The standard InChI is InChI=1S/C46H47Cl2FN6O4/c1-44(2)20-22-45(23-21-44)46(33-18-15-30(47)25-34(33)53-43(46)58)35(32-19-24-50-40(48)36(32)49)38(41(57)52-31-16-13-29(14-17-31)42-54-51-26-59-42)55(45)37(27-9-5-3-6-10-27)39(56)28-11-7-4-8-12-28/h3-12,15,18-19,24-26,29,31,35,37-39,56H,13-14,16-17,20-23H2,1-2H3,(H,52,57)(H,53,58)/t29-,31-,35-,37+,38+,39-,46+/m0/s1. The van der Waals surface area contributed by atoms with Gasteiger partial charge in [-0.2, -0.15) is 0 Å². The number of pyridine rings is 1. The second kappa shape index (κ2) is 15.4. The SMILES string of the molecule is CC1(C)CCC2(CC1)N([C@H](c1ccccc1)[C@@H](O)c1ccccc1)[C@@H](C(=O)N[C@H]1CC[C@H](c3nnco3)CC1)[C@H](c1ccnc(Cl)c1F)[C@]21C(=O)Nc2cc(Cl)ccc21. The molecule has 0 bridgehead atoms. The largest absolute Gasteiger partial charge is 0.428 e. The van der Waals surface area contributed by atoms with E-state index in [0.717, 1.165) is 18.4 Å². The van der Waals surface area contributed by atoms with Crippen LogP contribution in [0.5, 0.6) is 0 Å². The van der Waals surface area contributed by atoms with Crippen LogP contribution in [0, 0.1) is 11.2 Å². The molecule has 2 aromatic heterocycles. The number of hydrogen-bond acceptors (Lipinski definition) is 8. The molecule has 2 spiro atoms. The molecule has 4 heterocycles. The average molecular weight is 838 g/mol. The molecule has 5 aromatic rings. The first-order valence-electron chi connectivity index (χ1n) is 20.5. The first-order valence-corrected chi connectivity index (χ1v) is 21.2. The van der Waals surface area contributed by atoms with Gasteiger partial charge in [0.1, 0.15) is 5.41 Å². The topological polar surface area (TPSA) is 133 Å². The van der Waals surface area contributed by atoms with Gasteiger partial charge in [-0.05, 0) is 97.2 Å². The zero-order valence-electron chi connectivity index (χ0n) is 33.0. The number of aromatic nitrogens is 3. The van der Waals surface area contributed by atoms with Crippen molar-refractivity contribution in [1.29, 1.82) is 0 Å². The highest BCUT2D eigenvalue weighted by molar-refractivity contribution is 6.31. The van der Waals surface area contributed by atoms with E-state index >= 15 is 14.0 Å². The molecular weight excluding hydrogens is 790 g/mol. The fourth-order valence-corrected chi connectivity index (χ4v) is 11.5. The number of aliphatic hydroxyl groups is 1. The molecule has 0 radical (unpaired) electrons. The van der Waals surface area contributed by atoms with Gasteiger partial charge in [0, 0.05) is 40.3 Å². The Hall–Kier alpha value is -4.68. The lowest BCUT2D eigenvalue weighted by molar-refractivity contribution is -0.137. The van der Waals surface area contributed by atoms with Crippen LogP contribution >= 0.6 is 23.2 Å². The fraction of sp³-hybridized carbons (Fsp3) is 0.413. The van der Waals surface area contributed by atoms with Crippen molar-refractivity contribution in [3.05, 3.63) is 142 Å². The quantitative estimate of drug-likeness (QED) is 0.132. The molecule has 2 aliphatic carbocycles. The van der Waals surface area contributed by atoms with Crippen molar-refractivity contribution >= 4 is 40.7 Å². The van der Waals surface area contributed by atoms with Crippen molar-refractivity contribution in [1.82, 2.24) is 25.4 Å². The van der Waals surface area contributed by atoms with E-state index < -0.39 is 40.9 Å². The molecule has 13 heteroatoms. The van der Waals surface area contributed by atoms with Crippen LogP contribution in [-0.4, -0.2) is 54.6 Å². The number of rotatable bonds is 8. The smallest absolute Gasteiger partial charge is 0.238 e. The summed E-state index contributed by atoms with van der Waals surface area (Å²) in [7, 11) is 0. The Kier molecular flexibility index (Phi) is 10.4. The Balaban J connectivity index is 1.31. The Morgan fingerprint density at radius 3 is 2.29 bits per heavy atom. The fourth-order valence-electron chi connectivity index (χ4n) is 11.1. The zero-order valence-corrected chi connectivity index (χ0v) is 34.5. The van der Waals surface area contributed by atoms with Gasteiger partial charge in [-0.25, -0.2) is 9.37 Å². The number of amides is 2. The Labute approximate surface area is 352 Å². The van der Waals surface area contributed by atoms with Gasteiger partial charge in [0.05, 0.1) is 18.2 Å². The highest BCUT2D eigenvalue weighted by Crippen LogP contribution is 2.70. The highest BCUT2D eigenvalue weighted by atomic mass is 35.5. The number of hydrogen-bond donors (Lipinski definition) is 3. The van der Waals surface area contributed by atoms with Crippen LogP contribution in [-0.2, 0) is 15.0 Å². The monoisotopic (exact) mass is 836 g/mol. The molecular formula is C46H47Cl2FN6O4. The maximum atomic E-state index is 17.1. The third kappa shape index (κ3) is 6.56. The van der Waals surface area contributed by atoms with E-state index in [9.17, 15) is 5.11 Å². The van der Waals surface area contributed by atoms with Crippen molar-refractivity contribution in [3.8, 4) is 0 Å². The van der Waals surface area contributed by atoms with Crippen LogP contribution < -0.4 is 10.6 Å². The first kappa shape index (κ1) is 39.8. The summed E-state index contributed by atoms with van der Waals surface area (Å²) < 4.78 is 22.7. The minimum Gasteiger partial charge on any atom is -0.428 e. The number of halogens is 3. The second-order valence-electron chi connectivity index (χ2n) is 17.5. The van der Waals surface area contributed by atoms with Gasteiger partial charge in [-0.15, -0.1) is 10.2 Å². The molecule has 59 heavy (non-hydrogen) atoms. The van der Waals surface area contributed by atoms with Crippen molar-refractivity contribution in [2.24, 2.45) is 5.41 Å². The number of anilines is 1. The third-order valence-corrected chi connectivity index (χ3v) is 14.4. The van der Waals surface area contributed by atoms with E-state index in [-0.39, 0.29) is 39.9 Å². The minimum atomic E-state index is -1.56. The third-order valence-electron chi connectivity index (χ3n) is 13.9. The van der Waals surface area contributed by atoms with E-state index in [1.165, 1.54) is 12.6 Å². The lowest BCUT2D eigenvalue weighted by Crippen LogP contribution is -2.64. The molecule has 3 fully saturated rings. The molecule has 10 nitrogen and oxygen atoms in total. The van der Waals surface area contributed by atoms with Crippen molar-refractivity contribution in [2.45, 2.75) is 112 Å². The zero-order chi connectivity index (χ0) is 41.1. The van der Waals surface area contributed by atoms with Gasteiger partial charge in [0.2, 0.25) is 24.1 Å². The Morgan fingerprint density at radius 2 is 1.63 bits per heavy atom. The highest BCUT2D eigenvalue weighted by Gasteiger charge is 2.77. The average Bonchev–Trinajstić information content (AvgIpc) is 3.94. The minimum absolute atomic E-state index is 0.0700. The molecule has 2 aliphatic heterocycles. The molecule has 0 unspecified atom stereocenters. The van der Waals surface area contributed by atoms with Crippen LogP contribution in [0.2, 0.25) is 10.2 Å². The van der Waals surface area contributed by atoms with Gasteiger partial charge >= 0.3 is 0 Å². The Morgan fingerprint density at radius 1 is 0.949 bits per heavy atom. The summed E-state index contributed by atoms with van der Waals surface area (Å²) in [5.41, 5.74) is -0.162. The van der Waals surface area contributed by atoms with E-state index in [1.807, 2.05) is 66.7 Å². The van der Waals surface area contributed by atoms with Crippen LogP contribution in [0.25, 0.3) is 0 Å². The molecule has 2 amide bonds. The van der Waals surface area contributed by atoms with Gasteiger partial charge in [-0.3, -0.25) is 14.5 Å². The molecule has 5 atom stereocenters. The summed E-state index contributed by atoms with van der Waals surface area (Å²) >= 11 is 13.2. The maximum absolute atomic E-state index is 17.1. The summed E-state index contributed by atoms with van der Waals surface area (Å²) in [6.45, 7) is 4.44. The summed E-state index contributed by atoms with van der Waals surface area (Å²) in [6, 6.07) is 23.7. The summed E-state index contributed by atoms with van der Waals surface area (Å²) in [6.07, 6.45) is 6.67. The number of nitrogens with one attached hydrogen (secondary N) is 2. The molecule has 3 N–H and O–H groups in total. The normalized spacial score (nSPS) is 27.0. The van der Waals surface area contributed by atoms with Gasteiger partial charge in [0.25, 0.3) is 0 Å². The van der Waals surface area contributed by atoms with E-state index in [1.54, 1.807) is 18.2 Å². The summed E-state index contributed by atoms with van der Waals surface area (Å²) in [4.78, 5) is 37.8. The molecule has 1 saturated heterocycles. The van der Waals surface area contributed by atoms with Crippen LogP contribution in [0.4, 0.5) is 10.1 Å². The first-order chi connectivity index (χ1) is 28.4. The van der Waals surface area contributed by atoms with E-state index in [2.05, 4.69) is 44.6 Å². The maximum Gasteiger partial charge on any atom is 0.238 e.